The van der Waals surface area contributed by atoms with Gasteiger partial charge in [-0.3, -0.25) is 19.3 Å². The van der Waals surface area contributed by atoms with Gasteiger partial charge < -0.3 is 10.1 Å². The molecule has 3 aliphatic rings. The molecule has 3 amide bonds. The Kier molecular flexibility index (Phi) is 6.07. The molecule has 172 valence electrons. The minimum Gasteiger partial charge on any atom is -0.495 e. The van der Waals surface area contributed by atoms with Crippen molar-refractivity contribution in [3.05, 3.63) is 60.2 Å². The number of hydrogen-bond acceptors (Lipinski definition) is 4. The molecule has 1 N–H and O–H groups in total. The Labute approximate surface area is 209 Å². The lowest BCUT2D eigenvalue weighted by Gasteiger charge is -2.28. The van der Waals surface area contributed by atoms with Gasteiger partial charge in [0.25, 0.3) is 0 Å². The van der Waals surface area contributed by atoms with Gasteiger partial charge in [-0.2, -0.15) is 0 Å². The molecule has 2 aromatic carbocycles. The first-order valence-corrected chi connectivity index (χ1v) is 12.9. The van der Waals surface area contributed by atoms with E-state index in [1.807, 2.05) is 36.4 Å². The van der Waals surface area contributed by atoms with Gasteiger partial charge in [0, 0.05) is 16.1 Å². The van der Waals surface area contributed by atoms with Gasteiger partial charge in [-0.15, -0.1) is 0 Å². The van der Waals surface area contributed by atoms with Gasteiger partial charge >= 0.3 is 0 Å². The summed E-state index contributed by atoms with van der Waals surface area (Å²) in [5, 5.41) is 2.89. The second-order valence-electron chi connectivity index (χ2n) is 8.95. The van der Waals surface area contributed by atoms with Crippen molar-refractivity contribution < 1.29 is 19.1 Å². The Bertz CT molecular complexity index is 1060. The fraction of sp³-hybridized carbons (Fsp3) is 0.400. The van der Waals surface area contributed by atoms with Gasteiger partial charge in [0.15, 0.2) is 0 Å². The first-order valence-electron chi connectivity index (χ1n) is 11.0. The average molecular weight is 576 g/mol. The zero-order valence-corrected chi connectivity index (χ0v) is 21.2. The first-order chi connectivity index (χ1) is 15.9. The van der Waals surface area contributed by atoms with Crippen LogP contribution in [0, 0.1) is 23.7 Å². The largest absolute Gasteiger partial charge is 0.495 e. The van der Waals surface area contributed by atoms with E-state index in [1.165, 1.54) is 12.0 Å². The topological polar surface area (TPSA) is 75.7 Å². The predicted octanol–water partition coefficient (Wildman–Crippen LogP) is 4.02. The molecule has 8 heteroatoms. The lowest BCUT2D eigenvalue weighted by molar-refractivity contribution is -0.147. The molecule has 0 unspecified atom stereocenters. The Morgan fingerprint density at radius 2 is 1.58 bits per heavy atom. The average Bonchev–Trinajstić information content (AvgIpc) is 3.43. The maximum absolute atomic E-state index is 13.6. The number of benzene rings is 2. The van der Waals surface area contributed by atoms with Crippen molar-refractivity contribution in [2.45, 2.75) is 28.5 Å². The Hall–Kier alpha value is -2.19. The van der Waals surface area contributed by atoms with Crippen molar-refractivity contribution >= 4 is 55.3 Å². The van der Waals surface area contributed by atoms with E-state index < -0.39 is 11.9 Å². The third-order valence-electron chi connectivity index (χ3n) is 7.27. The Morgan fingerprint density at radius 1 is 1.00 bits per heavy atom. The molecule has 0 aromatic heterocycles. The smallest absolute Gasteiger partial charge is 0.248 e. The van der Waals surface area contributed by atoms with E-state index in [2.05, 4.69) is 37.2 Å². The minimum atomic E-state index is -0.940. The van der Waals surface area contributed by atoms with Crippen molar-refractivity contribution in [1.82, 2.24) is 4.90 Å². The monoisotopic (exact) mass is 574 g/mol. The molecule has 6 nitrogen and oxygen atoms in total. The van der Waals surface area contributed by atoms with E-state index in [0.29, 0.717) is 11.4 Å². The van der Waals surface area contributed by atoms with Crippen LogP contribution < -0.4 is 10.1 Å². The number of halogens is 2. The number of anilines is 1. The lowest BCUT2D eigenvalue weighted by Crippen LogP contribution is -2.49. The zero-order valence-electron chi connectivity index (χ0n) is 18.0. The highest BCUT2D eigenvalue weighted by Gasteiger charge is 2.67. The molecule has 3 fully saturated rings. The molecule has 0 radical (unpaired) electrons. The van der Waals surface area contributed by atoms with Crippen LogP contribution in [0.15, 0.2) is 54.6 Å². The van der Waals surface area contributed by atoms with Gasteiger partial charge in [-0.25, -0.2) is 0 Å². The number of para-hydroxylation sites is 2. The second kappa shape index (κ2) is 8.87. The molecule has 1 heterocycles. The predicted molar refractivity (Wildman–Crippen MR) is 131 cm³/mol. The number of carbonyl (C=O) groups is 3. The quantitative estimate of drug-likeness (QED) is 0.417. The molecule has 5 rings (SSSR count). The van der Waals surface area contributed by atoms with E-state index >= 15 is 0 Å². The number of nitrogens with one attached hydrogen (secondary N) is 1. The number of rotatable bonds is 6. The van der Waals surface area contributed by atoms with Crippen LogP contribution >= 0.6 is 31.9 Å². The van der Waals surface area contributed by atoms with Crippen LogP contribution in [0.4, 0.5) is 5.69 Å². The Morgan fingerprint density at radius 3 is 2.18 bits per heavy atom. The fourth-order valence-corrected chi connectivity index (χ4v) is 7.65. The number of hydrogen-bond donors (Lipinski definition) is 1. The normalized spacial score (nSPS) is 30.9. The van der Waals surface area contributed by atoms with Gasteiger partial charge in [0.1, 0.15) is 11.8 Å². The summed E-state index contributed by atoms with van der Waals surface area (Å²) in [4.78, 5) is 42.3. The Balaban J connectivity index is 1.48. The number of methoxy groups -OCH3 is 1. The number of imide groups is 1. The van der Waals surface area contributed by atoms with Gasteiger partial charge in [-0.1, -0.05) is 74.3 Å². The van der Waals surface area contributed by atoms with Crippen LogP contribution in [0.2, 0.25) is 0 Å². The van der Waals surface area contributed by atoms with E-state index in [1.54, 1.807) is 18.2 Å². The summed E-state index contributed by atoms with van der Waals surface area (Å²) in [7, 11) is 1.53. The summed E-state index contributed by atoms with van der Waals surface area (Å²) in [6, 6.07) is 15.6. The molecule has 33 heavy (non-hydrogen) atoms. The first kappa shape index (κ1) is 22.6. The number of alkyl halides is 2. The number of nitrogens with zero attached hydrogens (tertiary/aromatic N) is 1. The van der Waals surface area contributed by atoms with E-state index in [0.717, 1.165) is 12.0 Å². The van der Waals surface area contributed by atoms with E-state index in [-0.39, 0.29) is 51.6 Å². The standard InChI is InChI=1S/C25H24Br2N2O4/c1-33-18-10-6-5-9-16(18)28-23(30)17(11-13-7-3-2-4-8-13)29-24(31)19-14-12-15(20(19)25(29)32)22(27)21(14)26/h2-10,14-15,17,19-22H,11-12H2,1H3,(H,28,30)/t14-,15-,17+,19-,20-,21-,22+/m1/s1. The highest BCUT2D eigenvalue weighted by molar-refractivity contribution is 9.12. The van der Waals surface area contributed by atoms with Crippen LogP contribution in [-0.2, 0) is 20.8 Å². The van der Waals surface area contributed by atoms with Crippen molar-refractivity contribution in [1.29, 1.82) is 0 Å². The number of carbonyl (C=O) groups excluding carboxylic acids is 3. The maximum Gasteiger partial charge on any atom is 0.248 e. The third-order valence-corrected chi connectivity index (χ3v) is 10.5. The van der Waals surface area contributed by atoms with Crippen LogP contribution in [0.3, 0.4) is 0 Å². The molecule has 2 aromatic rings. The van der Waals surface area contributed by atoms with Gasteiger partial charge in [0.05, 0.1) is 24.6 Å². The molecule has 2 aliphatic carbocycles. The van der Waals surface area contributed by atoms with Gasteiger partial charge in [0.2, 0.25) is 17.7 Å². The van der Waals surface area contributed by atoms with Crippen LogP contribution in [0.25, 0.3) is 0 Å². The number of fused-ring (bicyclic) bond motifs is 5. The fourth-order valence-electron chi connectivity index (χ4n) is 5.78. The summed E-state index contributed by atoms with van der Waals surface area (Å²) in [5.41, 5.74) is 1.39. The number of ether oxygens (including phenoxy) is 1. The van der Waals surface area contributed by atoms with Crippen molar-refractivity contribution in [2.75, 3.05) is 12.4 Å². The molecule has 1 saturated heterocycles. The van der Waals surface area contributed by atoms with Crippen molar-refractivity contribution in [3.8, 4) is 5.75 Å². The second-order valence-corrected chi connectivity index (χ2v) is 11.1. The van der Waals surface area contributed by atoms with E-state index in [4.69, 9.17) is 4.74 Å². The minimum absolute atomic E-state index is 0.0977. The molecular formula is C25H24Br2N2O4. The van der Waals surface area contributed by atoms with Gasteiger partial charge in [-0.05, 0) is 36.0 Å². The highest BCUT2D eigenvalue weighted by atomic mass is 79.9. The molecule has 2 bridgehead atoms. The summed E-state index contributed by atoms with van der Waals surface area (Å²) in [5.74, 6) is -0.863. The number of amides is 3. The molecule has 2 saturated carbocycles. The molecular weight excluding hydrogens is 552 g/mol. The lowest BCUT2D eigenvalue weighted by atomic mass is 9.81. The zero-order chi connectivity index (χ0) is 23.3. The molecule has 7 atom stereocenters. The third kappa shape index (κ3) is 3.71. The highest BCUT2D eigenvalue weighted by Crippen LogP contribution is 2.60. The molecule has 0 spiro atoms. The van der Waals surface area contributed by atoms with Crippen molar-refractivity contribution in [2.24, 2.45) is 23.7 Å². The van der Waals surface area contributed by atoms with Crippen LogP contribution in [0.1, 0.15) is 12.0 Å². The van der Waals surface area contributed by atoms with Crippen molar-refractivity contribution in [3.63, 3.8) is 0 Å². The SMILES string of the molecule is COc1ccccc1NC(=O)[C@H](Cc1ccccc1)N1C(=O)[C@@H]2[C@H]3C[C@@H]([C@@H](Br)[C@H]3Br)[C@H]2C1=O. The number of likely N-dealkylation sites (tertiary alicyclic amines) is 1. The summed E-state index contributed by atoms with van der Waals surface area (Å²) in [6.07, 6.45) is 1.10. The summed E-state index contributed by atoms with van der Waals surface area (Å²) < 4.78 is 5.36. The summed E-state index contributed by atoms with van der Waals surface area (Å²) in [6.45, 7) is 0. The molecule has 1 aliphatic heterocycles. The summed E-state index contributed by atoms with van der Waals surface area (Å²) >= 11 is 7.44. The maximum atomic E-state index is 13.6. The van der Waals surface area contributed by atoms with Crippen LogP contribution in [0.5, 0.6) is 5.75 Å². The van der Waals surface area contributed by atoms with E-state index in [9.17, 15) is 14.4 Å². The van der Waals surface area contributed by atoms with Crippen LogP contribution in [-0.4, -0.2) is 45.4 Å².